The number of carbonyl (C=O) groups is 1. The molecule has 7 nitrogen and oxygen atoms in total. The molecule has 152 valence electrons. The first kappa shape index (κ1) is 19.9. The number of nitrogens with one attached hydrogen (secondary N) is 1. The molecule has 1 aliphatic rings. The van der Waals surface area contributed by atoms with Crippen LogP contribution in [0.4, 0.5) is 22.3 Å². The number of piperazine rings is 1. The Kier molecular flexibility index (Phi) is 5.65. The fraction of sp³-hybridized carbons (Fsp3) is 0.227. The van der Waals surface area contributed by atoms with Gasteiger partial charge in [0.25, 0.3) is 0 Å². The summed E-state index contributed by atoms with van der Waals surface area (Å²) in [4.78, 5) is 22.2. The Labute approximate surface area is 179 Å². The fourth-order valence-electron chi connectivity index (χ4n) is 3.35. The zero-order valence-electron chi connectivity index (χ0n) is 16.6. The third-order valence-corrected chi connectivity index (χ3v) is 6.09. The maximum Gasteiger partial charge on any atom is 0.206 e. The van der Waals surface area contributed by atoms with E-state index in [-0.39, 0.29) is 11.6 Å². The lowest BCUT2D eigenvalue weighted by atomic mass is 10.1. The highest BCUT2D eigenvalue weighted by molar-refractivity contribution is 7.18. The Hall–Kier alpha value is -3.41. The highest BCUT2D eigenvalue weighted by atomic mass is 32.1. The number of likely N-dealkylation sites (N-methyl/N-ethyl adjacent to an activating group) is 1. The SMILES string of the molecule is CN1CCN(c2ccc(Nc3nc(N)c(C(=O)c4cccc(C#N)c4)s3)cc2)CC1. The Morgan fingerprint density at radius 2 is 1.90 bits per heavy atom. The lowest BCUT2D eigenvalue weighted by molar-refractivity contribution is 0.104. The molecule has 0 radical (unpaired) electrons. The summed E-state index contributed by atoms with van der Waals surface area (Å²) in [7, 11) is 2.14. The normalized spacial score (nSPS) is 14.3. The number of carbonyl (C=O) groups excluding carboxylic acids is 1. The van der Waals surface area contributed by atoms with Gasteiger partial charge in [0.1, 0.15) is 10.7 Å². The maximum atomic E-state index is 12.8. The number of nitriles is 1. The number of nitrogens with two attached hydrogens (primary N) is 1. The molecule has 1 aromatic heterocycles. The molecule has 8 heteroatoms. The minimum absolute atomic E-state index is 0.184. The summed E-state index contributed by atoms with van der Waals surface area (Å²) in [5, 5.41) is 12.8. The van der Waals surface area contributed by atoms with Crippen LogP contribution in [0.3, 0.4) is 0 Å². The van der Waals surface area contributed by atoms with E-state index in [1.54, 1.807) is 24.3 Å². The third kappa shape index (κ3) is 4.27. The van der Waals surface area contributed by atoms with Crippen LogP contribution in [0.1, 0.15) is 20.8 Å². The molecule has 0 unspecified atom stereocenters. The topological polar surface area (TPSA) is 98.3 Å². The van der Waals surface area contributed by atoms with Gasteiger partial charge < -0.3 is 20.9 Å². The van der Waals surface area contributed by atoms with Crippen LogP contribution in [-0.2, 0) is 0 Å². The van der Waals surface area contributed by atoms with Gasteiger partial charge in [-0.3, -0.25) is 4.79 Å². The van der Waals surface area contributed by atoms with Crippen LogP contribution in [0.5, 0.6) is 0 Å². The molecule has 0 aliphatic carbocycles. The van der Waals surface area contributed by atoms with Crippen LogP contribution in [0.25, 0.3) is 0 Å². The monoisotopic (exact) mass is 418 g/mol. The average Bonchev–Trinajstić information content (AvgIpc) is 3.14. The molecule has 30 heavy (non-hydrogen) atoms. The van der Waals surface area contributed by atoms with Crippen molar-refractivity contribution in [1.29, 1.82) is 5.26 Å². The fourth-order valence-corrected chi connectivity index (χ4v) is 4.22. The van der Waals surface area contributed by atoms with Crippen molar-refractivity contribution >= 4 is 39.4 Å². The highest BCUT2D eigenvalue weighted by Gasteiger charge is 2.19. The Bertz CT molecular complexity index is 1090. The van der Waals surface area contributed by atoms with Crippen molar-refractivity contribution in [3.63, 3.8) is 0 Å². The van der Waals surface area contributed by atoms with E-state index in [0.29, 0.717) is 21.1 Å². The van der Waals surface area contributed by atoms with E-state index < -0.39 is 0 Å². The smallest absolute Gasteiger partial charge is 0.206 e. The lowest BCUT2D eigenvalue weighted by Gasteiger charge is -2.34. The van der Waals surface area contributed by atoms with E-state index in [9.17, 15) is 4.79 Å². The van der Waals surface area contributed by atoms with Crippen LogP contribution in [0, 0.1) is 11.3 Å². The van der Waals surface area contributed by atoms with Crippen LogP contribution in [-0.4, -0.2) is 48.9 Å². The summed E-state index contributed by atoms with van der Waals surface area (Å²) in [5.41, 5.74) is 8.93. The van der Waals surface area contributed by atoms with E-state index in [1.807, 2.05) is 18.2 Å². The number of hydrogen-bond acceptors (Lipinski definition) is 8. The molecule has 0 spiro atoms. The van der Waals surface area contributed by atoms with Crippen molar-refractivity contribution in [2.24, 2.45) is 0 Å². The number of thiazole rings is 1. The molecule has 0 amide bonds. The molecule has 2 aromatic carbocycles. The Morgan fingerprint density at radius 1 is 1.17 bits per heavy atom. The van der Waals surface area contributed by atoms with Crippen LogP contribution in [0.2, 0.25) is 0 Å². The van der Waals surface area contributed by atoms with Gasteiger partial charge in [0, 0.05) is 43.1 Å². The second-order valence-electron chi connectivity index (χ2n) is 7.22. The van der Waals surface area contributed by atoms with Gasteiger partial charge in [-0.25, -0.2) is 4.98 Å². The summed E-state index contributed by atoms with van der Waals surface area (Å²) in [6, 6.07) is 16.8. The third-order valence-electron chi connectivity index (χ3n) is 5.10. The van der Waals surface area contributed by atoms with Crippen LogP contribution < -0.4 is 16.0 Å². The summed E-state index contributed by atoms with van der Waals surface area (Å²) in [6.45, 7) is 4.16. The molecule has 0 atom stereocenters. The lowest BCUT2D eigenvalue weighted by Crippen LogP contribution is -2.44. The maximum absolute atomic E-state index is 12.8. The highest BCUT2D eigenvalue weighted by Crippen LogP contribution is 2.30. The predicted octanol–water partition coefficient (Wildman–Crippen LogP) is 3.32. The number of ketones is 1. The number of nitrogens with zero attached hydrogens (tertiary/aromatic N) is 4. The number of rotatable bonds is 5. The number of benzene rings is 2. The molecule has 2 heterocycles. The standard InChI is InChI=1S/C22H22N6OS/c1-27-9-11-28(12-10-27)18-7-5-17(6-8-18)25-22-26-21(24)20(30-22)19(29)16-4-2-3-15(13-16)14-23/h2-8,13H,9-12,24H2,1H3,(H,25,26). The molecule has 3 N–H and O–H groups in total. The number of aromatic nitrogens is 1. The van der Waals surface area contributed by atoms with Gasteiger partial charge in [-0.2, -0.15) is 5.26 Å². The van der Waals surface area contributed by atoms with Gasteiger partial charge >= 0.3 is 0 Å². The van der Waals surface area contributed by atoms with Gasteiger partial charge in [-0.1, -0.05) is 23.5 Å². The van der Waals surface area contributed by atoms with Crippen molar-refractivity contribution in [3.8, 4) is 6.07 Å². The van der Waals surface area contributed by atoms with E-state index >= 15 is 0 Å². The van der Waals surface area contributed by atoms with Crippen molar-refractivity contribution < 1.29 is 4.79 Å². The van der Waals surface area contributed by atoms with Crippen LogP contribution >= 0.6 is 11.3 Å². The molecular weight excluding hydrogens is 396 g/mol. The Morgan fingerprint density at radius 3 is 2.60 bits per heavy atom. The van der Waals surface area contributed by atoms with Crippen molar-refractivity contribution in [1.82, 2.24) is 9.88 Å². The van der Waals surface area contributed by atoms with Crippen LogP contribution in [0.15, 0.2) is 48.5 Å². The second-order valence-corrected chi connectivity index (χ2v) is 8.22. The van der Waals surface area contributed by atoms with Gasteiger partial charge in [-0.15, -0.1) is 0 Å². The second kappa shape index (κ2) is 8.53. The average molecular weight is 419 g/mol. The largest absolute Gasteiger partial charge is 0.382 e. The summed E-state index contributed by atoms with van der Waals surface area (Å²) < 4.78 is 0. The number of anilines is 4. The van der Waals surface area contributed by atoms with Crippen molar-refractivity contribution in [2.75, 3.05) is 49.2 Å². The van der Waals surface area contributed by atoms with E-state index in [4.69, 9.17) is 11.0 Å². The minimum Gasteiger partial charge on any atom is -0.382 e. The molecule has 0 bridgehead atoms. The first-order valence-electron chi connectivity index (χ1n) is 9.65. The molecule has 1 fully saturated rings. The Balaban J connectivity index is 1.47. The van der Waals surface area contributed by atoms with E-state index in [0.717, 1.165) is 31.9 Å². The number of nitrogen functional groups attached to an aromatic ring is 1. The van der Waals surface area contributed by atoms with Crippen molar-refractivity contribution in [2.45, 2.75) is 0 Å². The minimum atomic E-state index is -0.236. The van der Waals surface area contributed by atoms with Crippen molar-refractivity contribution in [3.05, 3.63) is 64.5 Å². The summed E-state index contributed by atoms with van der Waals surface area (Å²) in [5.74, 6) is -0.0514. The molecule has 0 saturated carbocycles. The quantitative estimate of drug-likeness (QED) is 0.613. The summed E-state index contributed by atoms with van der Waals surface area (Å²) in [6.07, 6.45) is 0. The van der Waals surface area contributed by atoms with Gasteiger partial charge in [0.05, 0.1) is 11.6 Å². The van der Waals surface area contributed by atoms with Gasteiger partial charge in [0.15, 0.2) is 5.13 Å². The van der Waals surface area contributed by atoms with E-state index in [1.165, 1.54) is 17.0 Å². The van der Waals surface area contributed by atoms with Gasteiger partial charge in [-0.05, 0) is 43.4 Å². The predicted molar refractivity (Wildman–Crippen MR) is 121 cm³/mol. The zero-order chi connectivity index (χ0) is 21.1. The molecule has 1 aliphatic heterocycles. The molecule has 3 aromatic rings. The number of hydrogen-bond donors (Lipinski definition) is 2. The first-order valence-corrected chi connectivity index (χ1v) is 10.5. The van der Waals surface area contributed by atoms with E-state index in [2.05, 4.69) is 39.3 Å². The zero-order valence-corrected chi connectivity index (χ0v) is 17.4. The molecule has 1 saturated heterocycles. The first-order chi connectivity index (χ1) is 14.5. The summed E-state index contributed by atoms with van der Waals surface area (Å²) >= 11 is 1.21. The molecular formula is C22H22N6OS. The van der Waals surface area contributed by atoms with Gasteiger partial charge in [0.2, 0.25) is 5.78 Å². The molecule has 4 rings (SSSR count).